The van der Waals surface area contributed by atoms with Crippen molar-refractivity contribution in [3.8, 4) is 5.75 Å². The highest BCUT2D eigenvalue weighted by atomic mass is 16.5. The molecule has 4 rings (SSSR count). The molecule has 2 heterocycles. The maximum Gasteiger partial charge on any atom is 0.267 e. The van der Waals surface area contributed by atoms with E-state index in [1.807, 2.05) is 13.8 Å². The number of unbranched alkanes of at least 4 members (excludes halogenated alkanes) is 9. The Balaban J connectivity index is 1.49. The second-order valence-electron chi connectivity index (χ2n) is 12.4. The van der Waals surface area contributed by atoms with Gasteiger partial charge in [0.2, 0.25) is 5.91 Å². The molecule has 2 aromatic rings. The summed E-state index contributed by atoms with van der Waals surface area (Å²) in [6, 6.07) is 13.6. The molecule has 8 heteroatoms. The van der Waals surface area contributed by atoms with E-state index in [1.54, 1.807) is 55.5 Å². The average Bonchev–Trinajstić information content (AvgIpc) is 3.30. The predicted molar refractivity (Wildman–Crippen MR) is 174 cm³/mol. The summed E-state index contributed by atoms with van der Waals surface area (Å²) in [6.45, 7) is 8.04. The topological polar surface area (TPSA) is 93.2 Å². The SMILES string of the molecule is CCCCCCCCCCCCO[C@H](C)[C@H](CN1C(=O)c2ccccc2C1=O)C(=O)N1C(=O)c2ccccc2OC1(CC)CC. The Morgan fingerprint density at radius 3 is 1.80 bits per heavy atom. The Morgan fingerprint density at radius 1 is 0.733 bits per heavy atom. The number of nitrogens with zero attached hydrogens (tertiary/aromatic N) is 2. The normalized spacial score (nSPS) is 16.8. The number of carbonyl (C=O) groups excluding carboxylic acids is 4. The molecule has 0 saturated heterocycles. The third kappa shape index (κ3) is 7.66. The van der Waals surface area contributed by atoms with E-state index in [2.05, 4.69) is 6.92 Å². The van der Waals surface area contributed by atoms with Crippen molar-refractivity contribution in [3.05, 3.63) is 65.2 Å². The van der Waals surface area contributed by atoms with Gasteiger partial charge in [-0.15, -0.1) is 0 Å². The monoisotopic (exact) mass is 618 g/mol. The highest BCUT2D eigenvalue weighted by molar-refractivity contribution is 6.21. The number of amides is 4. The van der Waals surface area contributed by atoms with Crippen molar-refractivity contribution >= 4 is 23.6 Å². The van der Waals surface area contributed by atoms with Crippen LogP contribution in [0.25, 0.3) is 0 Å². The lowest BCUT2D eigenvalue weighted by atomic mass is 9.94. The molecule has 4 amide bonds. The van der Waals surface area contributed by atoms with Crippen molar-refractivity contribution in [2.45, 2.75) is 117 Å². The van der Waals surface area contributed by atoms with Crippen molar-refractivity contribution < 1.29 is 28.7 Å². The first-order valence-corrected chi connectivity index (χ1v) is 17.0. The smallest absolute Gasteiger partial charge is 0.267 e. The Morgan fingerprint density at radius 2 is 1.24 bits per heavy atom. The fourth-order valence-corrected chi connectivity index (χ4v) is 6.47. The summed E-state index contributed by atoms with van der Waals surface area (Å²) in [6.07, 6.45) is 12.1. The first-order valence-electron chi connectivity index (χ1n) is 17.0. The van der Waals surface area contributed by atoms with Gasteiger partial charge in [-0.25, -0.2) is 4.90 Å². The van der Waals surface area contributed by atoms with Crippen molar-refractivity contribution in [3.63, 3.8) is 0 Å². The molecule has 0 spiro atoms. The summed E-state index contributed by atoms with van der Waals surface area (Å²) in [4.78, 5) is 57.5. The van der Waals surface area contributed by atoms with Gasteiger partial charge in [-0.2, -0.15) is 0 Å². The van der Waals surface area contributed by atoms with E-state index in [0.717, 1.165) is 24.2 Å². The second kappa shape index (κ2) is 16.2. The Kier molecular flexibility index (Phi) is 12.3. The number of fused-ring (bicyclic) bond motifs is 2. The lowest BCUT2D eigenvalue weighted by Gasteiger charge is -2.46. The fraction of sp³-hybridized carbons (Fsp3) is 0.568. The van der Waals surface area contributed by atoms with Crippen LogP contribution in [0.5, 0.6) is 5.75 Å². The molecule has 2 atom stereocenters. The number of hydrogen-bond donors (Lipinski definition) is 0. The number of hydrogen-bond acceptors (Lipinski definition) is 6. The maximum atomic E-state index is 14.6. The zero-order chi connectivity index (χ0) is 32.4. The lowest BCUT2D eigenvalue weighted by molar-refractivity contribution is -0.159. The molecule has 0 bridgehead atoms. The van der Waals surface area contributed by atoms with Crippen LogP contribution in [0.1, 0.15) is 136 Å². The number of para-hydroxylation sites is 1. The Labute approximate surface area is 268 Å². The summed E-state index contributed by atoms with van der Waals surface area (Å²) in [5, 5.41) is 0. The van der Waals surface area contributed by atoms with Crippen LogP contribution >= 0.6 is 0 Å². The third-order valence-electron chi connectivity index (χ3n) is 9.37. The zero-order valence-corrected chi connectivity index (χ0v) is 27.5. The Bertz CT molecular complexity index is 1300. The van der Waals surface area contributed by atoms with Crippen LogP contribution in [-0.2, 0) is 9.53 Å². The van der Waals surface area contributed by atoms with Gasteiger partial charge in [0.15, 0.2) is 5.72 Å². The first kappa shape index (κ1) is 34.4. The molecule has 0 saturated carbocycles. The molecule has 2 aliphatic heterocycles. The van der Waals surface area contributed by atoms with E-state index in [1.165, 1.54) is 49.8 Å². The van der Waals surface area contributed by atoms with Crippen molar-refractivity contribution in [1.29, 1.82) is 0 Å². The minimum absolute atomic E-state index is 0.195. The standard InChI is InChI=1S/C37H50N2O6/c1-5-8-9-10-11-12-13-14-15-20-25-44-27(4)31(26-38-33(40)28-21-16-17-22-29(28)34(38)41)36(43)39-35(42)30-23-18-19-24-32(30)45-37(39,6-2)7-3/h16-19,21-24,27,31H,5-15,20,25-26H2,1-4H3/t27-,31+/m1/s1. The van der Waals surface area contributed by atoms with Crippen molar-refractivity contribution in [1.82, 2.24) is 9.80 Å². The van der Waals surface area contributed by atoms with Gasteiger partial charge in [0.1, 0.15) is 5.75 Å². The van der Waals surface area contributed by atoms with Crippen LogP contribution in [0.2, 0.25) is 0 Å². The molecular weight excluding hydrogens is 568 g/mol. The fourth-order valence-electron chi connectivity index (χ4n) is 6.47. The molecule has 0 fully saturated rings. The van der Waals surface area contributed by atoms with E-state index in [0.29, 0.717) is 41.9 Å². The van der Waals surface area contributed by atoms with E-state index in [-0.39, 0.29) is 6.54 Å². The molecule has 2 aliphatic rings. The minimum Gasteiger partial charge on any atom is -0.467 e. The average molecular weight is 619 g/mol. The van der Waals surface area contributed by atoms with Gasteiger partial charge in [0.05, 0.1) is 28.7 Å². The largest absolute Gasteiger partial charge is 0.467 e. The zero-order valence-electron chi connectivity index (χ0n) is 27.5. The molecule has 0 aromatic heterocycles. The first-order chi connectivity index (χ1) is 21.8. The van der Waals surface area contributed by atoms with Crippen LogP contribution in [0.4, 0.5) is 0 Å². The second-order valence-corrected chi connectivity index (χ2v) is 12.4. The van der Waals surface area contributed by atoms with E-state index in [4.69, 9.17) is 9.47 Å². The molecule has 2 aromatic carbocycles. The molecule has 0 aliphatic carbocycles. The van der Waals surface area contributed by atoms with Gasteiger partial charge in [-0.1, -0.05) is 103 Å². The molecule has 8 nitrogen and oxygen atoms in total. The predicted octanol–water partition coefficient (Wildman–Crippen LogP) is 7.80. The van der Waals surface area contributed by atoms with Gasteiger partial charge in [0, 0.05) is 26.0 Å². The van der Waals surface area contributed by atoms with E-state index in [9.17, 15) is 19.2 Å². The highest BCUT2D eigenvalue weighted by Gasteiger charge is 2.51. The molecule has 0 unspecified atom stereocenters. The number of carbonyl (C=O) groups is 4. The van der Waals surface area contributed by atoms with Crippen LogP contribution in [0, 0.1) is 5.92 Å². The molecular formula is C37H50N2O6. The molecule has 0 radical (unpaired) electrons. The van der Waals surface area contributed by atoms with Crippen LogP contribution in [0.3, 0.4) is 0 Å². The quantitative estimate of drug-likeness (QED) is 0.125. The lowest BCUT2D eigenvalue weighted by Crippen LogP contribution is -2.63. The summed E-state index contributed by atoms with van der Waals surface area (Å²) in [5.74, 6) is -2.37. The summed E-state index contributed by atoms with van der Waals surface area (Å²) < 4.78 is 12.6. The molecule has 244 valence electrons. The van der Waals surface area contributed by atoms with Crippen LogP contribution in [-0.4, -0.2) is 58.4 Å². The van der Waals surface area contributed by atoms with E-state index < -0.39 is 41.4 Å². The van der Waals surface area contributed by atoms with Gasteiger partial charge < -0.3 is 9.47 Å². The maximum absolute atomic E-state index is 14.6. The Hall–Kier alpha value is -3.52. The summed E-state index contributed by atoms with van der Waals surface area (Å²) in [5.41, 5.74) is -0.258. The van der Waals surface area contributed by atoms with E-state index >= 15 is 0 Å². The van der Waals surface area contributed by atoms with Gasteiger partial charge in [-0.05, 0) is 37.6 Å². The molecule has 45 heavy (non-hydrogen) atoms. The minimum atomic E-state index is -1.20. The summed E-state index contributed by atoms with van der Waals surface area (Å²) in [7, 11) is 0. The summed E-state index contributed by atoms with van der Waals surface area (Å²) >= 11 is 0. The number of ether oxygens (including phenoxy) is 2. The van der Waals surface area contributed by atoms with Crippen molar-refractivity contribution in [2.24, 2.45) is 5.92 Å². The van der Waals surface area contributed by atoms with Gasteiger partial charge in [0.25, 0.3) is 17.7 Å². The van der Waals surface area contributed by atoms with Crippen LogP contribution in [0.15, 0.2) is 48.5 Å². The number of benzene rings is 2. The molecule has 0 N–H and O–H groups in total. The third-order valence-corrected chi connectivity index (χ3v) is 9.37. The van der Waals surface area contributed by atoms with Crippen molar-refractivity contribution in [2.75, 3.05) is 13.2 Å². The van der Waals surface area contributed by atoms with Crippen LogP contribution < -0.4 is 4.74 Å². The van der Waals surface area contributed by atoms with Gasteiger partial charge >= 0.3 is 0 Å². The highest BCUT2D eigenvalue weighted by Crippen LogP contribution is 2.39. The number of rotatable bonds is 18. The van der Waals surface area contributed by atoms with Gasteiger partial charge in [-0.3, -0.25) is 24.1 Å². The number of imide groups is 2.